The van der Waals surface area contributed by atoms with Crippen LogP contribution in [0.15, 0.2) is 35.5 Å². The fraction of sp³-hybridized carbons (Fsp3) is 0.750. The largest absolute Gasteiger partial charge is 0.462 e. The summed E-state index contributed by atoms with van der Waals surface area (Å²) in [6, 6.07) is 0. The second-order valence-corrected chi connectivity index (χ2v) is 13.7. The number of esters is 2. The minimum Gasteiger partial charge on any atom is -0.462 e. The van der Waals surface area contributed by atoms with Gasteiger partial charge in [-0.1, -0.05) is 32.1 Å². The van der Waals surface area contributed by atoms with Crippen LogP contribution in [0.25, 0.3) is 0 Å². The highest BCUT2D eigenvalue weighted by atomic mass is 16.8. The van der Waals surface area contributed by atoms with Crippen LogP contribution >= 0.6 is 0 Å². The number of hydrogen-bond acceptors (Lipinski definition) is 8. The summed E-state index contributed by atoms with van der Waals surface area (Å²) >= 11 is 0. The maximum atomic E-state index is 12.2. The predicted octanol–water partition coefficient (Wildman–Crippen LogP) is 5.29. The Bertz CT molecular complexity index is 1120. The van der Waals surface area contributed by atoms with Crippen molar-refractivity contribution in [3.63, 3.8) is 0 Å². The summed E-state index contributed by atoms with van der Waals surface area (Å²) in [5.41, 5.74) is 1.19. The Morgan fingerprint density at radius 1 is 1.12 bits per heavy atom. The maximum absolute atomic E-state index is 12.2. The van der Waals surface area contributed by atoms with E-state index in [1.54, 1.807) is 6.08 Å². The number of allylic oxidation sites excluding steroid dienone is 1. The third-order valence-electron chi connectivity index (χ3n) is 10.4. The van der Waals surface area contributed by atoms with Crippen LogP contribution in [0.3, 0.4) is 0 Å². The SMILES string of the molecule is C=C1CC[C@@H](CC=C2CC[C@]3(OC2)O[C@@]2(O)CC[C@]3(C)OC2(C)C)C(C)(C)[C@H]1[C@H](C=C1CCOC1=O)OC(C)=O. The van der Waals surface area contributed by atoms with E-state index in [0.29, 0.717) is 50.4 Å². The van der Waals surface area contributed by atoms with Crippen LogP contribution in [0.4, 0.5) is 0 Å². The zero-order chi connectivity index (χ0) is 29.1. The van der Waals surface area contributed by atoms with E-state index in [1.165, 1.54) is 12.5 Å². The van der Waals surface area contributed by atoms with E-state index in [9.17, 15) is 14.7 Å². The molecule has 5 saturated heterocycles. The molecule has 1 aliphatic carbocycles. The van der Waals surface area contributed by atoms with E-state index in [2.05, 4.69) is 26.5 Å². The number of rotatable bonds is 5. The Morgan fingerprint density at radius 2 is 1.88 bits per heavy atom. The molecule has 6 rings (SSSR count). The third kappa shape index (κ3) is 4.89. The molecule has 40 heavy (non-hydrogen) atoms. The Morgan fingerprint density at radius 3 is 2.48 bits per heavy atom. The lowest BCUT2D eigenvalue weighted by atomic mass is 9.58. The molecule has 8 nitrogen and oxygen atoms in total. The molecule has 0 aromatic rings. The highest BCUT2D eigenvalue weighted by Gasteiger charge is 2.70. The first kappa shape index (κ1) is 29.5. The van der Waals surface area contributed by atoms with Gasteiger partial charge in [-0.05, 0) is 75.9 Å². The molecule has 0 aromatic heterocycles. The Hall–Kier alpha value is -2.00. The van der Waals surface area contributed by atoms with Gasteiger partial charge in [0.2, 0.25) is 5.79 Å². The highest BCUT2D eigenvalue weighted by Crippen LogP contribution is 2.59. The number of cyclic esters (lactones) is 1. The number of hydrogen-bond donors (Lipinski definition) is 1. The summed E-state index contributed by atoms with van der Waals surface area (Å²) < 4.78 is 30.1. The second kappa shape index (κ2) is 10.1. The zero-order valence-electron chi connectivity index (χ0n) is 25.0. The molecule has 0 aromatic carbocycles. The Kier molecular flexibility index (Phi) is 7.43. The molecule has 8 heteroatoms. The third-order valence-corrected chi connectivity index (χ3v) is 10.4. The fourth-order valence-electron chi connectivity index (χ4n) is 7.80. The smallest absolute Gasteiger partial charge is 0.333 e. The fourth-order valence-corrected chi connectivity index (χ4v) is 7.80. The first-order chi connectivity index (χ1) is 18.6. The van der Waals surface area contributed by atoms with Crippen molar-refractivity contribution in [3.05, 3.63) is 35.5 Å². The monoisotopic (exact) mass is 558 g/mol. The van der Waals surface area contributed by atoms with Crippen LogP contribution in [0.2, 0.25) is 0 Å². The van der Waals surface area contributed by atoms with E-state index in [1.807, 2.05) is 20.8 Å². The second-order valence-electron chi connectivity index (χ2n) is 13.7. The molecule has 1 saturated carbocycles. The summed E-state index contributed by atoms with van der Waals surface area (Å²) in [5.74, 6) is -2.82. The number of carbonyl (C=O) groups is 2. The van der Waals surface area contributed by atoms with Gasteiger partial charge in [0.15, 0.2) is 5.79 Å². The molecule has 6 aliphatic rings. The predicted molar refractivity (Wildman–Crippen MR) is 148 cm³/mol. The zero-order valence-corrected chi connectivity index (χ0v) is 25.0. The van der Waals surface area contributed by atoms with Crippen molar-refractivity contribution >= 4 is 11.9 Å². The maximum Gasteiger partial charge on any atom is 0.333 e. The lowest BCUT2D eigenvalue weighted by Gasteiger charge is -2.66. The van der Waals surface area contributed by atoms with Gasteiger partial charge >= 0.3 is 11.9 Å². The molecule has 2 bridgehead atoms. The molecular formula is C32H46O8. The van der Waals surface area contributed by atoms with E-state index < -0.39 is 28.9 Å². The van der Waals surface area contributed by atoms with Crippen molar-refractivity contribution < 1.29 is 38.4 Å². The minimum atomic E-state index is -1.36. The summed E-state index contributed by atoms with van der Waals surface area (Å²) in [6.07, 6.45) is 9.37. The molecule has 6 atom stereocenters. The first-order valence-corrected chi connectivity index (χ1v) is 14.8. The lowest BCUT2D eigenvalue weighted by Crippen LogP contribution is -2.78. The quantitative estimate of drug-likeness (QED) is 0.276. The molecular weight excluding hydrogens is 512 g/mol. The number of ether oxygens (including phenoxy) is 5. The average Bonchev–Trinajstić information content (AvgIpc) is 3.25. The van der Waals surface area contributed by atoms with Crippen LogP contribution in [-0.2, 0) is 33.3 Å². The van der Waals surface area contributed by atoms with Crippen molar-refractivity contribution in [2.24, 2.45) is 17.3 Å². The number of carbonyl (C=O) groups excluding carboxylic acids is 2. The number of fused-ring (bicyclic) bond motifs is 2. The molecule has 0 amide bonds. The van der Waals surface area contributed by atoms with Gasteiger partial charge in [-0.25, -0.2) is 4.79 Å². The van der Waals surface area contributed by atoms with Gasteiger partial charge in [0, 0.05) is 37.7 Å². The molecule has 0 unspecified atom stereocenters. The van der Waals surface area contributed by atoms with Crippen LogP contribution in [0.5, 0.6) is 0 Å². The summed E-state index contributed by atoms with van der Waals surface area (Å²) in [6.45, 7) is 16.8. The summed E-state index contributed by atoms with van der Waals surface area (Å²) in [5, 5.41) is 11.2. The molecule has 1 N–H and O–H groups in total. The van der Waals surface area contributed by atoms with Gasteiger partial charge in [0.25, 0.3) is 0 Å². The van der Waals surface area contributed by atoms with Crippen LogP contribution < -0.4 is 0 Å². The Balaban J connectivity index is 1.29. The van der Waals surface area contributed by atoms with Crippen LogP contribution in [0.1, 0.15) is 92.9 Å². The molecule has 0 radical (unpaired) electrons. The topological polar surface area (TPSA) is 101 Å². The molecule has 5 aliphatic heterocycles. The molecule has 6 fully saturated rings. The van der Waals surface area contributed by atoms with Crippen molar-refractivity contribution in [2.75, 3.05) is 13.2 Å². The van der Waals surface area contributed by atoms with Gasteiger partial charge in [-0.15, -0.1) is 0 Å². The van der Waals surface area contributed by atoms with Crippen molar-refractivity contribution in [1.29, 1.82) is 0 Å². The minimum absolute atomic E-state index is 0.118. The van der Waals surface area contributed by atoms with Crippen LogP contribution in [-0.4, -0.2) is 59.1 Å². The molecule has 222 valence electrons. The van der Waals surface area contributed by atoms with Crippen molar-refractivity contribution in [2.45, 2.75) is 122 Å². The molecule has 1 spiro atoms. The lowest BCUT2D eigenvalue weighted by molar-refractivity contribution is -0.518. The van der Waals surface area contributed by atoms with Crippen molar-refractivity contribution in [1.82, 2.24) is 0 Å². The van der Waals surface area contributed by atoms with E-state index in [4.69, 9.17) is 23.7 Å². The average molecular weight is 559 g/mol. The first-order valence-electron chi connectivity index (χ1n) is 14.8. The Labute approximate surface area is 238 Å². The van der Waals surface area contributed by atoms with E-state index in [-0.39, 0.29) is 23.3 Å². The summed E-state index contributed by atoms with van der Waals surface area (Å²) in [7, 11) is 0. The number of aliphatic hydroxyl groups is 1. The van der Waals surface area contributed by atoms with Gasteiger partial charge < -0.3 is 28.8 Å². The standard InChI is InChI=1S/C32H46O8/c1-20-8-10-24(28(3,4)26(20)25(38-21(2)33)18-23-13-17-36-27(23)34)11-9-22-12-14-32(37-19-22)30(7)15-16-31(35,40-32)29(5,6)39-30/h9,18,24-26,35H,1,8,10-17,19H2,2-7H3/t24-,25-,26+,30-,31-,32-/m0/s1. The van der Waals surface area contributed by atoms with Crippen LogP contribution in [0, 0.1) is 17.3 Å². The van der Waals surface area contributed by atoms with Gasteiger partial charge in [0.05, 0.1) is 13.2 Å². The molecule has 5 heterocycles. The summed E-state index contributed by atoms with van der Waals surface area (Å²) in [4.78, 5) is 24.3. The van der Waals surface area contributed by atoms with E-state index >= 15 is 0 Å². The normalized spacial score (nSPS) is 41.4. The van der Waals surface area contributed by atoms with Gasteiger partial charge in [-0.3, -0.25) is 4.79 Å². The highest BCUT2D eigenvalue weighted by molar-refractivity contribution is 5.90. The van der Waals surface area contributed by atoms with Gasteiger partial charge in [0.1, 0.15) is 17.3 Å². The van der Waals surface area contributed by atoms with Gasteiger partial charge in [-0.2, -0.15) is 0 Å². The van der Waals surface area contributed by atoms with Crippen molar-refractivity contribution in [3.8, 4) is 0 Å². The van der Waals surface area contributed by atoms with E-state index in [0.717, 1.165) is 31.3 Å².